The first kappa shape index (κ1) is 28.0. The number of hydrogen-bond donors (Lipinski definition) is 1. The molecule has 40 heavy (non-hydrogen) atoms. The lowest BCUT2D eigenvalue weighted by Crippen LogP contribution is -2.42. The van der Waals surface area contributed by atoms with E-state index in [9.17, 15) is 13.2 Å². The number of amides is 1. The second kappa shape index (κ2) is 11.1. The molecule has 2 atom stereocenters. The molecule has 1 aliphatic rings. The maximum absolute atomic E-state index is 13.2. The molecular formula is C31H37N5O3S. The van der Waals surface area contributed by atoms with Crippen LogP contribution in [0.3, 0.4) is 0 Å². The van der Waals surface area contributed by atoms with E-state index in [4.69, 9.17) is 0 Å². The van der Waals surface area contributed by atoms with Crippen molar-refractivity contribution in [3.63, 3.8) is 0 Å². The minimum absolute atomic E-state index is 0.0480. The molecule has 9 heteroatoms. The number of nitrogens with zero attached hydrogens (tertiary/aromatic N) is 4. The molecule has 2 aromatic carbocycles. The maximum atomic E-state index is 13.2. The zero-order chi connectivity index (χ0) is 28.5. The number of hydrogen-bond acceptors (Lipinski definition) is 6. The average molecular weight is 560 g/mol. The van der Waals surface area contributed by atoms with Gasteiger partial charge in [-0.25, -0.2) is 0 Å². The third kappa shape index (κ3) is 5.95. The summed E-state index contributed by atoms with van der Waals surface area (Å²) in [4.78, 5) is 19.7. The van der Waals surface area contributed by atoms with Crippen molar-refractivity contribution in [3.8, 4) is 0 Å². The SMILES string of the molecule is Cc1ccc(S(=O)(=O)n2ncc3cc(C[C@@H](CNC(=O)C[C@H](c4cccnc4)C4(C)CC4)N(C)C)ccc32)cc1. The maximum Gasteiger partial charge on any atom is 0.283 e. The van der Waals surface area contributed by atoms with Gasteiger partial charge in [0.2, 0.25) is 5.91 Å². The van der Waals surface area contributed by atoms with Crippen molar-refractivity contribution in [2.24, 2.45) is 5.41 Å². The van der Waals surface area contributed by atoms with Gasteiger partial charge in [0, 0.05) is 36.8 Å². The summed E-state index contributed by atoms with van der Waals surface area (Å²) in [5.41, 5.74) is 3.86. The number of nitrogens with one attached hydrogen (secondary N) is 1. The Bertz CT molecular complexity index is 1590. The van der Waals surface area contributed by atoms with Crippen molar-refractivity contribution in [2.75, 3.05) is 20.6 Å². The summed E-state index contributed by atoms with van der Waals surface area (Å²) in [6.07, 6.45) is 8.65. The summed E-state index contributed by atoms with van der Waals surface area (Å²) in [7, 11) is 0.213. The fraction of sp³-hybridized carbons (Fsp3) is 0.387. The van der Waals surface area contributed by atoms with Crippen LogP contribution < -0.4 is 5.32 Å². The number of rotatable bonds is 11. The molecule has 1 saturated carbocycles. The fourth-order valence-electron chi connectivity index (χ4n) is 5.28. The van der Waals surface area contributed by atoms with Gasteiger partial charge < -0.3 is 10.2 Å². The highest BCUT2D eigenvalue weighted by atomic mass is 32.2. The van der Waals surface area contributed by atoms with Crippen LogP contribution >= 0.6 is 0 Å². The lowest BCUT2D eigenvalue weighted by Gasteiger charge is -2.27. The quantitative estimate of drug-likeness (QED) is 0.290. The van der Waals surface area contributed by atoms with Crippen molar-refractivity contribution in [1.29, 1.82) is 0 Å². The molecule has 0 aliphatic heterocycles. The predicted molar refractivity (Wildman–Crippen MR) is 157 cm³/mol. The number of aryl methyl sites for hydroxylation is 1. The highest BCUT2D eigenvalue weighted by Crippen LogP contribution is 2.56. The molecular weight excluding hydrogens is 522 g/mol. The summed E-state index contributed by atoms with van der Waals surface area (Å²) in [6.45, 7) is 4.69. The number of likely N-dealkylation sites (N-methyl/N-ethyl adjacent to an activating group) is 1. The average Bonchev–Trinajstić information content (AvgIpc) is 3.53. The molecule has 210 valence electrons. The van der Waals surface area contributed by atoms with E-state index >= 15 is 0 Å². The first-order valence-corrected chi connectivity index (χ1v) is 15.1. The molecule has 4 aromatic rings. The summed E-state index contributed by atoms with van der Waals surface area (Å²) in [5.74, 6) is 0.209. The Morgan fingerprint density at radius 2 is 1.85 bits per heavy atom. The Morgan fingerprint density at radius 3 is 2.50 bits per heavy atom. The Labute approximate surface area is 236 Å². The largest absolute Gasteiger partial charge is 0.355 e. The standard InChI is InChI=1S/C31H37N5O3S/c1-22-7-10-27(11-8-22)40(38,39)36-29-12-9-23(16-25(29)20-34-36)17-26(35(3)4)21-33-30(37)18-28(31(2)13-14-31)24-6-5-15-32-19-24/h5-12,15-16,19-20,26,28H,13-14,17-18,21H2,1-4H3,(H,33,37)/t26-,28+/m0/s1. The van der Waals surface area contributed by atoms with E-state index in [1.54, 1.807) is 36.7 Å². The molecule has 1 aliphatic carbocycles. The topological polar surface area (TPSA) is 97.2 Å². The van der Waals surface area contributed by atoms with Crippen molar-refractivity contribution >= 4 is 26.8 Å². The van der Waals surface area contributed by atoms with Gasteiger partial charge in [-0.05, 0) is 93.1 Å². The molecule has 0 bridgehead atoms. The molecule has 0 spiro atoms. The zero-order valence-electron chi connectivity index (χ0n) is 23.5. The van der Waals surface area contributed by atoms with Gasteiger partial charge in [0.15, 0.2) is 0 Å². The molecule has 1 fully saturated rings. The van der Waals surface area contributed by atoms with Crippen LogP contribution in [0.4, 0.5) is 0 Å². The van der Waals surface area contributed by atoms with E-state index in [-0.39, 0.29) is 28.2 Å². The first-order valence-electron chi connectivity index (χ1n) is 13.7. The van der Waals surface area contributed by atoms with E-state index in [2.05, 4.69) is 33.3 Å². The highest BCUT2D eigenvalue weighted by molar-refractivity contribution is 7.90. The summed E-state index contributed by atoms with van der Waals surface area (Å²) in [5, 5.41) is 8.14. The molecule has 0 radical (unpaired) electrons. The molecule has 2 heterocycles. The monoisotopic (exact) mass is 559 g/mol. The second-order valence-electron chi connectivity index (χ2n) is 11.5. The van der Waals surface area contributed by atoms with E-state index in [0.29, 0.717) is 24.9 Å². The van der Waals surface area contributed by atoms with Crippen LogP contribution in [-0.4, -0.2) is 60.1 Å². The van der Waals surface area contributed by atoms with E-state index in [1.807, 2.05) is 51.5 Å². The van der Waals surface area contributed by atoms with E-state index < -0.39 is 10.0 Å². The number of carbonyl (C=O) groups excluding carboxylic acids is 1. The van der Waals surface area contributed by atoms with Gasteiger partial charge in [-0.1, -0.05) is 36.8 Å². The number of carbonyl (C=O) groups is 1. The summed E-state index contributed by atoms with van der Waals surface area (Å²) in [6, 6.07) is 16.6. The molecule has 0 unspecified atom stereocenters. The van der Waals surface area contributed by atoms with Crippen molar-refractivity contribution < 1.29 is 13.2 Å². The van der Waals surface area contributed by atoms with Gasteiger partial charge in [-0.2, -0.15) is 17.6 Å². The molecule has 0 saturated heterocycles. The smallest absolute Gasteiger partial charge is 0.283 e. The fourth-order valence-corrected chi connectivity index (χ4v) is 6.56. The Kier molecular flexibility index (Phi) is 7.79. The number of aromatic nitrogens is 3. The van der Waals surface area contributed by atoms with E-state index in [1.165, 1.54) is 0 Å². The Hall–Kier alpha value is -3.56. The second-order valence-corrected chi connectivity index (χ2v) is 13.3. The van der Waals surface area contributed by atoms with Gasteiger partial charge in [0.05, 0.1) is 16.6 Å². The summed E-state index contributed by atoms with van der Waals surface area (Å²) < 4.78 is 27.5. The van der Waals surface area contributed by atoms with E-state index in [0.717, 1.165) is 39.0 Å². The van der Waals surface area contributed by atoms with Gasteiger partial charge in [-0.15, -0.1) is 0 Å². The lowest BCUT2D eigenvalue weighted by molar-refractivity contribution is -0.122. The van der Waals surface area contributed by atoms with Crippen molar-refractivity contribution in [3.05, 3.63) is 89.9 Å². The zero-order valence-corrected chi connectivity index (χ0v) is 24.4. The van der Waals surface area contributed by atoms with Crippen LogP contribution in [-0.2, 0) is 21.2 Å². The molecule has 1 N–H and O–H groups in total. The molecule has 8 nitrogen and oxygen atoms in total. The predicted octanol–water partition coefficient (Wildman–Crippen LogP) is 4.54. The lowest BCUT2D eigenvalue weighted by atomic mass is 9.82. The van der Waals surface area contributed by atoms with Gasteiger partial charge in [0.25, 0.3) is 10.0 Å². The summed E-state index contributed by atoms with van der Waals surface area (Å²) >= 11 is 0. The molecule has 1 amide bonds. The first-order chi connectivity index (χ1) is 19.1. The number of fused-ring (bicyclic) bond motifs is 1. The van der Waals surface area contributed by atoms with Gasteiger partial charge in [0.1, 0.15) is 0 Å². The van der Waals surface area contributed by atoms with Crippen molar-refractivity contribution in [1.82, 2.24) is 24.4 Å². The van der Waals surface area contributed by atoms with Crippen LogP contribution in [0, 0.1) is 12.3 Å². The minimum Gasteiger partial charge on any atom is -0.355 e. The van der Waals surface area contributed by atoms with Crippen LogP contribution in [0.2, 0.25) is 0 Å². The Balaban J connectivity index is 1.26. The number of pyridine rings is 1. The molecule has 5 rings (SSSR count). The third-order valence-corrected chi connectivity index (χ3v) is 9.85. The van der Waals surface area contributed by atoms with Crippen LogP contribution in [0.1, 0.15) is 48.8 Å². The van der Waals surface area contributed by atoms with Gasteiger partial charge >= 0.3 is 0 Å². The van der Waals surface area contributed by atoms with Crippen LogP contribution in [0.5, 0.6) is 0 Å². The van der Waals surface area contributed by atoms with Gasteiger partial charge in [-0.3, -0.25) is 9.78 Å². The minimum atomic E-state index is -3.80. The Morgan fingerprint density at radius 1 is 1.10 bits per heavy atom. The normalized spacial score (nSPS) is 16.1. The van der Waals surface area contributed by atoms with Crippen LogP contribution in [0.25, 0.3) is 10.9 Å². The third-order valence-electron chi connectivity index (χ3n) is 8.24. The highest BCUT2D eigenvalue weighted by Gasteiger charge is 2.46. The number of benzene rings is 2. The molecule has 2 aromatic heterocycles. The van der Waals surface area contributed by atoms with Crippen molar-refractivity contribution in [2.45, 2.75) is 56.4 Å². The van der Waals surface area contributed by atoms with Crippen LogP contribution in [0.15, 0.2) is 78.1 Å².